The Morgan fingerprint density at radius 3 is 2.00 bits per heavy atom. The van der Waals surface area contributed by atoms with Crippen LogP contribution in [0.1, 0.15) is 64.7 Å². The molecule has 2 heteroatoms. The minimum Gasteiger partial charge on any atom is -0.312 e. The van der Waals surface area contributed by atoms with Gasteiger partial charge in [0, 0.05) is 31.7 Å². The summed E-state index contributed by atoms with van der Waals surface area (Å²) in [4.78, 5) is 2.80. The fourth-order valence-corrected chi connectivity index (χ4v) is 3.47. The van der Waals surface area contributed by atoms with Crippen molar-refractivity contribution in [2.24, 2.45) is 11.8 Å². The molecule has 0 heterocycles. The van der Waals surface area contributed by atoms with Crippen LogP contribution in [0, 0.1) is 11.8 Å². The van der Waals surface area contributed by atoms with Gasteiger partial charge in [-0.2, -0.15) is 0 Å². The molecular formula is C17H32N2. The third kappa shape index (κ3) is 4.75. The quantitative estimate of drug-likeness (QED) is 0.722. The summed E-state index contributed by atoms with van der Waals surface area (Å²) in [7, 11) is 0. The lowest BCUT2D eigenvalue weighted by Crippen LogP contribution is -2.45. The maximum absolute atomic E-state index is 3.85. The standard InChI is InChI=1S/C17H32N2/c1-14(11-18-17-5-3-2-4-6-17)19(12-15-7-8-15)13-16-9-10-16/h14-18H,2-13H2,1H3. The number of rotatable bonds is 8. The maximum Gasteiger partial charge on any atom is 0.0192 e. The van der Waals surface area contributed by atoms with Crippen LogP contribution in [-0.4, -0.2) is 36.6 Å². The predicted molar refractivity (Wildman–Crippen MR) is 81.4 cm³/mol. The van der Waals surface area contributed by atoms with E-state index in [1.54, 1.807) is 0 Å². The van der Waals surface area contributed by atoms with E-state index in [1.165, 1.54) is 77.4 Å². The van der Waals surface area contributed by atoms with Crippen LogP contribution in [0.4, 0.5) is 0 Å². The Balaban J connectivity index is 1.40. The third-order valence-electron chi connectivity index (χ3n) is 5.31. The van der Waals surface area contributed by atoms with Gasteiger partial charge in [0.2, 0.25) is 0 Å². The Morgan fingerprint density at radius 2 is 1.47 bits per heavy atom. The van der Waals surface area contributed by atoms with Crippen molar-refractivity contribution in [2.75, 3.05) is 19.6 Å². The van der Waals surface area contributed by atoms with Crippen LogP contribution in [0.5, 0.6) is 0 Å². The maximum atomic E-state index is 3.85. The molecule has 0 saturated heterocycles. The number of hydrogen-bond donors (Lipinski definition) is 1. The minimum atomic E-state index is 0.739. The van der Waals surface area contributed by atoms with Crippen LogP contribution in [0.25, 0.3) is 0 Å². The highest BCUT2D eigenvalue weighted by Gasteiger charge is 2.31. The molecule has 0 bridgehead atoms. The summed E-state index contributed by atoms with van der Waals surface area (Å²) >= 11 is 0. The lowest BCUT2D eigenvalue weighted by molar-refractivity contribution is 0.181. The van der Waals surface area contributed by atoms with Gasteiger partial charge in [-0.05, 0) is 57.3 Å². The fraction of sp³-hybridized carbons (Fsp3) is 1.00. The molecule has 0 spiro atoms. The van der Waals surface area contributed by atoms with Crippen LogP contribution in [0.15, 0.2) is 0 Å². The molecule has 0 aromatic heterocycles. The Morgan fingerprint density at radius 1 is 0.895 bits per heavy atom. The zero-order valence-electron chi connectivity index (χ0n) is 12.7. The van der Waals surface area contributed by atoms with Gasteiger partial charge in [-0.1, -0.05) is 19.3 Å². The summed E-state index contributed by atoms with van der Waals surface area (Å²) in [5, 5.41) is 3.85. The summed E-state index contributed by atoms with van der Waals surface area (Å²) in [6, 6.07) is 1.56. The highest BCUT2D eigenvalue weighted by Crippen LogP contribution is 2.34. The van der Waals surface area contributed by atoms with Crippen molar-refractivity contribution in [2.45, 2.75) is 76.8 Å². The molecular weight excluding hydrogens is 232 g/mol. The van der Waals surface area contributed by atoms with E-state index < -0.39 is 0 Å². The summed E-state index contributed by atoms with van der Waals surface area (Å²) in [5.74, 6) is 2.08. The molecule has 19 heavy (non-hydrogen) atoms. The molecule has 3 rings (SSSR count). The van der Waals surface area contributed by atoms with Gasteiger partial charge in [-0.15, -0.1) is 0 Å². The van der Waals surface area contributed by atoms with Crippen LogP contribution in [0.3, 0.4) is 0 Å². The molecule has 1 N–H and O–H groups in total. The average Bonchev–Trinajstić information content (AvgIpc) is 3.31. The topological polar surface area (TPSA) is 15.3 Å². The smallest absolute Gasteiger partial charge is 0.0192 e. The van der Waals surface area contributed by atoms with Gasteiger partial charge in [-0.3, -0.25) is 4.90 Å². The summed E-state index contributed by atoms with van der Waals surface area (Å²) in [5.41, 5.74) is 0. The first-order chi connectivity index (χ1) is 9.31. The molecule has 110 valence electrons. The molecule has 1 atom stereocenters. The van der Waals surface area contributed by atoms with Gasteiger partial charge >= 0.3 is 0 Å². The first-order valence-corrected chi connectivity index (χ1v) is 8.78. The Kier molecular flexibility index (Phi) is 4.81. The third-order valence-corrected chi connectivity index (χ3v) is 5.31. The Hall–Kier alpha value is -0.0800. The van der Waals surface area contributed by atoms with Gasteiger partial charge in [0.15, 0.2) is 0 Å². The van der Waals surface area contributed by atoms with E-state index in [-0.39, 0.29) is 0 Å². The highest BCUT2D eigenvalue weighted by atomic mass is 15.2. The Bertz CT molecular complexity index is 250. The second kappa shape index (κ2) is 6.58. The minimum absolute atomic E-state index is 0.739. The fourth-order valence-electron chi connectivity index (χ4n) is 3.47. The first kappa shape index (κ1) is 13.9. The van der Waals surface area contributed by atoms with Gasteiger partial charge in [-0.25, -0.2) is 0 Å². The summed E-state index contributed by atoms with van der Waals surface area (Å²) < 4.78 is 0. The van der Waals surface area contributed by atoms with E-state index in [0.29, 0.717) is 0 Å². The van der Waals surface area contributed by atoms with Crippen molar-refractivity contribution in [3.8, 4) is 0 Å². The van der Waals surface area contributed by atoms with Crippen molar-refractivity contribution in [3.05, 3.63) is 0 Å². The van der Waals surface area contributed by atoms with Crippen LogP contribution >= 0.6 is 0 Å². The van der Waals surface area contributed by atoms with Crippen molar-refractivity contribution in [1.82, 2.24) is 10.2 Å². The van der Waals surface area contributed by atoms with E-state index in [2.05, 4.69) is 17.1 Å². The second-order valence-electron chi connectivity index (χ2n) is 7.43. The lowest BCUT2D eigenvalue weighted by Gasteiger charge is -2.32. The number of hydrogen-bond acceptors (Lipinski definition) is 2. The molecule has 2 nitrogen and oxygen atoms in total. The summed E-state index contributed by atoms with van der Waals surface area (Å²) in [6.45, 7) is 6.42. The average molecular weight is 264 g/mol. The molecule has 1 unspecified atom stereocenters. The molecule has 0 aromatic carbocycles. The molecule has 0 aromatic rings. The lowest BCUT2D eigenvalue weighted by atomic mass is 9.95. The van der Waals surface area contributed by atoms with E-state index in [1.807, 2.05) is 0 Å². The molecule has 3 fully saturated rings. The normalized spacial score (nSPS) is 26.8. The van der Waals surface area contributed by atoms with Crippen molar-refractivity contribution >= 4 is 0 Å². The summed E-state index contributed by atoms with van der Waals surface area (Å²) in [6.07, 6.45) is 13.1. The monoisotopic (exact) mass is 264 g/mol. The predicted octanol–water partition coefficient (Wildman–Crippen LogP) is 3.42. The zero-order chi connectivity index (χ0) is 13.1. The van der Waals surface area contributed by atoms with E-state index in [9.17, 15) is 0 Å². The van der Waals surface area contributed by atoms with Crippen molar-refractivity contribution in [1.29, 1.82) is 0 Å². The molecule has 3 aliphatic carbocycles. The van der Waals surface area contributed by atoms with Crippen LogP contribution in [0.2, 0.25) is 0 Å². The van der Waals surface area contributed by atoms with Crippen LogP contribution < -0.4 is 5.32 Å². The van der Waals surface area contributed by atoms with Gasteiger partial charge in [0.25, 0.3) is 0 Å². The Labute approximate surface area is 119 Å². The van der Waals surface area contributed by atoms with Crippen molar-refractivity contribution in [3.63, 3.8) is 0 Å². The first-order valence-electron chi connectivity index (χ1n) is 8.78. The molecule has 0 radical (unpaired) electrons. The zero-order valence-corrected chi connectivity index (χ0v) is 12.7. The molecule has 3 saturated carbocycles. The van der Waals surface area contributed by atoms with Gasteiger partial charge in [0.1, 0.15) is 0 Å². The largest absolute Gasteiger partial charge is 0.312 e. The SMILES string of the molecule is CC(CNC1CCCCC1)N(CC1CC1)CC1CC1. The van der Waals surface area contributed by atoms with E-state index in [4.69, 9.17) is 0 Å². The molecule has 0 amide bonds. The van der Waals surface area contributed by atoms with Crippen LogP contribution in [-0.2, 0) is 0 Å². The van der Waals surface area contributed by atoms with Crippen molar-refractivity contribution < 1.29 is 0 Å². The molecule has 3 aliphatic rings. The number of nitrogens with one attached hydrogen (secondary N) is 1. The highest BCUT2D eigenvalue weighted by molar-refractivity contribution is 4.86. The molecule has 0 aliphatic heterocycles. The van der Waals surface area contributed by atoms with Gasteiger partial charge in [0.05, 0.1) is 0 Å². The van der Waals surface area contributed by atoms with Gasteiger partial charge < -0.3 is 5.32 Å². The van der Waals surface area contributed by atoms with E-state index in [0.717, 1.165) is 23.9 Å². The number of nitrogens with zero attached hydrogens (tertiary/aromatic N) is 1. The van der Waals surface area contributed by atoms with E-state index >= 15 is 0 Å². The second-order valence-corrected chi connectivity index (χ2v) is 7.43.